The maximum atomic E-state index is 12.1. The number of hydrogen-bond acceptors (Lipinski definition) is 7. The molecule has 9 nitrogen and oxygen atoms in total. The fourth-order valence-electron chi connectivity index (χ4n) is 6.01. The van der Waals surface area contributed by atoms with Crippen LogP contribution in [0.1, 0.15) is 200 Å². The largest absolute Gasteiger partial charge is 0.472 e. The van der Waals surface area contributed by atoms with Crippen LogP contribution >= 0.6 is 7.82 Å². The van der Waals surface area contributed by atoms with Crippen molar-refractivity contribution in [3.8, 4) is 0 Å². The summed E-state index contributed by atoms with van der Waals surface area (Å²) in [6, 6.07) is 0. The summed E-state index contributed by atoms with van der Waals surface area (Å²) in [5.74, 6) is -0.532. The highest BCUT2D eigenvalue weighted by Crippen LogP contribution is 2.42. The average Bonchev–Trinajstić information content (AvgIpc) is 3.18. The normalized spacial score (nSPS) is 13.7. The van der Waals surface area contributed by atoms with Crippen molar-refractivity contribution in [1.29, 1.82) is 0 Å². The Labute approximate surface area is 343 Å². The summed E-state index contributed by atoms with van der Waals surface area (Å²) in [4.78, 5) is 33.9. The van der Waals surface area contributed by atoms with Crippen LogP contribution in [0.25, 0.3) is 0 Å². The smallest absolute Gasteiger partial charge is 0.463 e. The molecule has 0 rings (SSSR count). The first kappa shape index (κ1) is 54.0. The second-order valence-corrected chi connectivity index (χ2v) is 16.5. The number of aliphatic hydroxyl groups excluding tert-OH is 1. The zero-order chi connectivity index (χ0) is 41.1. The first-order valence-electron chi connectivity index (χ1n) is 22.6. The van der Waals surface area contributed by atoms with Gasteiger partial charge in [-0.25, -0.2) is 4.57 Å². The molecule has 3 N–H and O–H groups in total. The van der Waals surface area contributed by atoms with Crippen LogP contribution in [0.2, 0.25) is 0 Å². The van der Waals surface area contributed by atoms with Crippen molar-refractivity contribution >= 4 is 19.7 Å². The molecule has 0 fully saturated rings. The number of ether oxygens (including phenoxy) is 1. The summed E-state index contributed by atoms with van der Waals surface area (Å²) in [6.45, 7) is 3.47. The third kappa shape index (κ3) is 43.1. The number of hydrogen-bond donors (Lipinski definition) is 3. The molecule has 0 radical (unpaired) electrons. The fraction of sp³-hybridized carbons (Fsp3) is 0.783. The van der Waals surface area contributed by atoms with Gasteiger partial charge in [0, 0.05) is 19.4 Å². The molecule has 0 spiro atoms. The number of allylic oxidation sites excluding steroid dienone is 8. The van der Waals surface area contributed by atoms with E-state index in [1.165, 1.54) is 96.3 Å². The SMILES string of the molecule is CCCC/C=C\C/C=C\CCCCCCCC(=O)OCC(O)COP(=O)(O)OCCNC(=O)CCCCCCCCCCCCC/C=C\C/C=C\CCCCC. The van der Waals surface area contributed by atoms with Crippen LogP contribution in [-0.4, -0.2) is 54.3 Å². The number of carbonyl (C=O) groups is 2. The van der Waals surface area contributed by atoms with E-state index >= 15 is 0 Å². The van der Waals surface area contributed by atoms with Crippen LogP contribution in [0.3, 0.4) is 0 Å². The number of rotatable bonds is 42. The Morgan fingerprint density at radius 2 is 0.982 bits per heavy atom. The molecule has 0 aliphatic carbocycles. The van der Waals surface area contributed by atoms with E-state index in [0.29, 0.717) is 6.42 Å². The standard InChI is InChI=1S/C46H84NO8P/c1-3-5-7-9-11-13-15-17-19-20-21-22-23-24-25-26-28-30-32-34-36-38-45(49)47-40-41-54-56(51,52)55-43-44(48)42-53-46(50)39-37-35-33-31-29-27-18-16-14-12-10-8-6-4-2/h10-13,16-19,44,48H,3-9,14-15,20-43H2,1-2H3,(H,47,49)(H,51,52)/b12-10-,13-11-,18-16-,19-17-. The highest BCUT2D eigenvalue weighted by atomic mass is 31.2. The van der Waals surface area contributed by atoms with Crippen LogP contribution in [-0.2, 0) is 27.9 Å². The van der Waals surface area contributed by atoms with Gasteiger partial charge in [-0.15, -0.1) is 0 Å². The van der Waals surface area contributed by atoms with Crippen LogP contribution in [0.15, 0.2) is 48.6 Å². The van der Waals surface area contributed by atoms with E-state index in [-0.39, 0.29) is 32.1 Å². The first-order chi connectivity index (χ1) is 27.3. The van der Waals surface area contributed by atoms with Gasteiger partial charge in [-0.05, 0) is 70.6 Å². The molecule has 56 heavy (non-hydrogen) atoms. The molecule has 0 aliphatic rings. The molecule has 0 saturated carbocycles. The monoisotopic (exact) mass is 810 g/mol. The number of phosphoric acid groups is 1. The Bertz CT molecular complexity index is 1060. The minimum absolute atomic E-state index is 0.0780. The van der Waals surface area contributed by atoms with E-state index in [2.05, 4.69) is 67.8 Å². The molecule has 10 heteroatoms. The lowest BCUT2D eigenvalue weighted by atomic mass is 10.0. The molecule has 0 saturated heterocycles. The zero-order valence-corrected chi connectivity index (χ0v) is 36.7. The van der Waals surface area contributed by atoms with E-state index in [0.717, 1.165) is 77.0 Å². The summed E-state index contributed by atoms with van der Waals surface area (Å²) < 4.78 is 26.9. The lowest BCUT2D eigenvalue weighted by molar-refractivity contribution is -0.147. The number of esters is 1. The van der Waals surface area contributed by atoms with Crippen molar-refractivity contribution in [3.05, 3.63) is 48.6 Å². The van der Waals surface area contributed by atoms with Gasteiger partial charge in [0.2, 0.25) is 5.91 Å². The second kappa shape index (κ2) is 42.6. The molecule has 0 heterocycles. The molecule has 1 amide bonds. The van der Waals surface area contributed by atoms with Crippen LogP contribution in [0.5, 0.6) is 0 Å². The molecular weight excluding hydrogens is 725 g/mol. The lowest BCUT2D eigenvalue weighted by Crippen LogP contribution is -2.27. The molecule has 2 atom stereocenters. The van der Waals surface area contributed by atoms with Gasteiger partial charge in [0.15, 0.2) is 0 Å². The van der Waals surface area contributed by atoms with Crippen LogP contribution in [0.4, 0.5) is 0 Å². The Kier molecular flexibility index (Phi) is 41.0. The van der Waals surface area contributed by atoms with E-state index in [4.69, 9.17) is 13.8 Å². The maximum absolute atomic E-state index is 12.1. The van der Waals surface area contributed by atoms with E-state index < -0.39 is 26.5 Å². The number of phosphoric ester groups is 1. The highest BCUT2D eigenvalue weighted by Gasteiger charge is 2.23. The van der Waals surface area contributed by atoms with E-state index in [9.17, 15) is 24.2 Å². The van der Waals surface area contributed by atoms with Crippen molar-refractivity contribution in [1.82, 2.24) is 5.32 Å². The number of unbranched alkanes of at least 4 members (excludes halogenated alkanes) is 21. The minimum atomic E-state index is -4.42. The summed E-state index contributed by atoms with van der Waals surface area (Å²) >= 11 is 0. The van der Waals surface area contributed by atoms with Crippen molar-refractivity contribution in [2.24, 2.45) is 0 Å². The fourth-order valence-corrected chi connectivity index (χ4v) is 6.77. The molecular formula is C46H84NO8P. The predicted octanol–water partition coefficient (Wildman–Crippen LogP) is 12.7. The molecule has 2 unspecified atom stereocenters. The molecule has 0 aliphatic heterocycles. The van der Waals surface area contributed by atoms with Gasteiger partial charge >= 0.3 is 13.8 Å². The molecule has 326 valence electrons. The Morgan fingerprint density at radius 3 is 1.48 bits per heavy atom. The Balaban J connectivity index is 3.59. The Hall–Kier alpha value is -2.03. The summed E-state index contributed by atoms with van der Waals surface area (Å²) in [5.41, 5.74) is 0. The first-order valence-corrected chi connectivity index (χ1v) is 24.1. The average molecular weight is 810 g/mol. The summed E-state index contributed by atoms with van der Waals surface area (Å²) in [7, 11) is -4.42. The predicted molar refractivity (Wildman–Crippen MR) is 234 cm³/mol. The molecule has 0 aromatic carbocycles. The van der Waals surface area contributed by atoms with E-state index in [1.54, 1.807) is 0 Å². The van der Waals surface area contributed by atoms with Crippen molar-refractivity contribution in [3.63, 3.8) is 0 Å². The molecule has 0 aromatic heterocycles. The molecule has 0 aromatic rings. The summed E-state index contributed by atoms with van der Waals surface area (Å²) in [6.07, 6.45) is 49.0. The zero-order valence-electron chi connectivity index (χ0n) is 35.8. The number of carbonyl (C=O) groups excluding carboxylic acids is 2. The van der Waals surface area contributed by atoms with Gasteiger partial charge in [-0.1, -0.05) is 165 Å². The Morgan fingerprint density at radius 1 is 0.554 bits per heavy atom. The highest BCUT2D eigenvalue weighted by molar-refractivity contribution is 7.47. The van der Waals surface area contributed by atoms with Gasteiger partial charge in [0.25, 0.3) is 0 Å². The van der Waals surface area contributed by atoms with Crippen molar-refractivity contribution in [2.75, 3.05) is 26.4 Å². The number of nitrogens with one attached hydrogen (secondary N) is 1. The third-order valence-electron chi connectivity index (χ3n) is 9.48. The van der Waals surface area contributed by atoms with Crippen LogP contribution in [0, 0.1) is 0 Å². The quantitative estimate of drug-likeness (QED) is 0.0240. The van der Waals surface area contributed by atoms with Crippen LogP contribution < -0.4 is 5.32 Å². The number of aliphatic hydroxyl groups is 1. The van der Waals surface area contributed by atoms with E-state index in [1.807, 2.05) is 0 Å². The van der Waals surface area contributed by atoms with Gasteiger partial charge in [-0.3, -0.25) is 18.6 Å². The van der Waals surface area contributed by atoms with Gasteiger partial charge in [0.05, 0.1) is 13.2 Å². The maximum Gasteiger partial charge on any atom is 0.472 e. The van der Waals surface area contributed by atoms with Gasteiger partial charge in [-0.2, -0.15) is 0 Å². The topological polar surface area (TPSA) is 131 Å². The summed E-state index contributed by atoms with van der Waals surface area (Å²) in [5, 5.41) is 12.7. The second-order valence-electron chi connectivity index (χ2n) is 15.0. The lowest BCUT2D eigenvalue weighted by Gasteiger charge is -2.15. The number of amides is 1. The molecule has 0 bridgehead atoms. The minimum Gasteiger partial charge on any atom is -0.463 e. The van der Waals surface area contributed by atoms with Gasteiger partial charge < -0.3 is 20.1 Å². The van der Waals surface area contributed by atoms with Crippen molar-refractivity contribution in [2.45, 2.75) is 206 Å². The van der Waals surface area contributed by atoms with Crippen molar-refractivity contribution < 1.29 is 37.9 Å². The van der Waals surface area contributed by atoms with Gasteiger partial charge in [0.1, 0.15) is 12.7 Å². The third-order valence-corrected chi connectivity index (χ3v) is 10.5.